The number of amides is 1. The number of hydrogen-bond donors (Lipinski definition) is 3. The Morgan fingerprint density at radius 3 is 2.71 bits per heavy atom. The number of rotatable bonds is 8. The van der Waals surface area contributed by atoms with Crippen molar-refractivity contribution in [3.05, 3.63) is 0 Å². The minimum absolute atomic E-state index is 0.0461. The molecule has 0 bridgehead atoms. The molecule has 5 nitrogen and oxygen atoms in total. The number of nitrogens with zero attached hydrogens (tertiary/aromatic N) is 2. The molecule has 0 aromatic heterocycles. The van der Waals surface area contributed by atoms with E-state index >= 15 is 0 Å². The Hall–Kier alpha value is -1.06. The fourth-order valence-corrected chi connectivity index (χ4v) is 1.83. The molecule has 0 spiro atoms. The van der Waals surface area contributed by atoms with Crippen molar-refractivity contribution in [2.45, 2.75) is 31.0 Å². The van der Waals surface area contributed by atoms with Gasteiger partial charge >= 0.3 is 0 Å². The van der Waals surface area contributed by atoms with Gasteiger partial charge in [0.15, 0.2) is 5.66 Å². The van der Waals surface area contributed by atoms with Crippen LogP contribution in [0.25, 0.3) is 0 Å². The first kappa shape index (κ1) is 14.0. The van der Waals surface area contributed by atoms with Crippen LogP contribution in [0, 0.1) is 12.3 Å². The van der Waals surface area contributed by atoms with Gasteiger partial charge in [0.25, 0.3) is 0 Å². The van der Waals surface area contributed by atoms with Crippen LogP contribution in [-0.4, -0.2) is 37.0 Å². The molecule has 6 heteroatoms. The minimum atomic E-state index is -0.324. The summed E-state index contributed by atoms with van der Waals surface area (Å²) >= 11 is 4.09. The zero-order valence-electron chi connectivity index (χ0n) is 9.94. The highest BCUT2D eigenvalue weighted by molar-refractivity contribution is 7.80. The number of carbonyl (C=O) groups is 1. The van der Waals surface area contributed by atoms with Crippen LogP contribution in [0.3, 0.4) is 0 Å². The van der Waals surface area contributed by atoms with E-state index in [-0.39, 0.29) is 17.6 Å². The van der Waals surface area contributed by atoms with E-state index in [1.807, 2.05) is 0 Å². The molecule has 1 aliphatic rings. The van der Waals surface area contributed by atoms with E-state index in [1.54, 1.807) is 7.05 Å². The summed E-state index contributed by atoms with van der Waals surface area (Å²) in [6.07, 6.45) is 7.34. The molecule has 1 atom stereocenters. The minimum Gasteiger partial charge on any atom is -0.355 e. The first-order valence-electron chi connectivity index (χ1n) is 5.61. The number of carbonyl (C=O) groups excluding carboxylic acids is 1. The van der Waals surface area contributed by atoms with Gasteiger partial charge in [-0.1, -0.05) is 0 Å². The van der Waals surface area contributed by atoms with E-state index in [2.05, 4.69) is 39.4 Å². The normalized spacial score (nSPS) is 17.2. The molecule has 0 radical (unpaired) electrons. The van der Waals surface area contributed by atoms with Crippen LogP contribution in [0.1, 0.15) is 19.3 Å². The number of likely N-dealkylation sites (N-methyl/N-ethyl adjacent to an activating group) is 1. The van der Waals surface area contributed by atoms with Gasteiger partial charge in [0, 0.05) is 31.6 Å². The van der Waals surface area contributed by atoms with Crippen molar-refractivity contribution in [1.29, 1.82) is 0 Å². The Morgan fingerprint density at radius 1 is 1.53 bits per heavy atom. The van der Waals surface area contributed by atoms with Crippen molar-refractivity contribution >= 4 is 18.5 Å². The summed E-state index contributed by atoms with van der Waals surface area (Å²) < 4.78 is 0. The molecule has 1 heterocycles. The number of nitrogens with one attached hydrogen (secondary N) is 2. The zero-order valence-corrected chi connectivity index (χ0v) is 10.8. The molecular formula is C11H18N4OS. The molecule has 0 aromatic carbocycles. The SMILES string of the molecule is C#CCCC1(CCNC(=O)[C@H](CS)NC)N=N1. The average Bonchev–Trinajstić information content (AvgIpc) is 3.09. The Morgan fingerprint density at radius 2 is 2.24 bits per heavy atom. The Labute approximate surface area is 107 Å². The van der Waals surface area contributed by atoms with Gasteiger partial charge in [0.2, 0.25) is 5.91 Å². The van der Waals surface area contributed by atoms with Gasteiger partial charge in [-0.15, -0.1) is 12.3 Å². The highest BCUT2D eigenvalue weighted by Gasteiger charge is 2.38. The fraction of sp³-hybridized carbons (Fsp3) is 0.727. The lowest BCUT2D eigenvalue weighted by atomic mass is 10.0. The monoisotopic (exact) mass is 254 g/mol. The maximum atomic E-state index is 11.6. The van der Waals surface area contributed by atoms with E-state index < -0.39 is 0 Å². The van der Waals surface area contributed by atoms with Crippen LogP contribution in [0.15, 0.2) is 10.2 Å². The summed E-state index contributed by atoms with van der Waals surface area (Å²) in [4.78, 5) is 11.6. The predicted molar refractivity (Wildman–Crippen MR) is 70.0 cm³/mol. The van der Waals surface area contributed by atoms with Crippen molar-refractivity contribution in [3.63, 3.8) is 0 Å². The van der Waals surface area contributed by atoms with Crippen molar-refractivity contribution in [3.8, 4) is 12.3 Å². The van der Waals surface area contributed by atoms with Crippen LogP contribution in [0.5, 0.6) is 0 Å². The number of terminal acetylenes is 1. The summed E-state index contributed by atoms with van der Waals surface area (Å²) in [6, 6.07) is -0.256. The average molecular weight is 254 g/mol. The lowest BCUT2D eigenvalue weighted by molar-refractivity contribution is -0.122. The molecule has 0 saturated carbocycles. The molecular weight excluding hydrogens is 236 g/mol. The molecule has 2 N–H and O–H groups in total. The molecule has 17 heavy (non-hydrogen) atoms. The molecule has 1 aliphatic heterocycles. The smallest absolute Gasteiger partial charge is 0.237 e. The molecule has 94 valence electrons. The second-order valence-corrected chi connectivity index (χ2v) is 4.32. The predicted octanol–water partition coefficient (Wildman–Crippen LogP) is 0.586. The maximum absolute atomic E-state index is 11.6. The van der Waals surface area contributed by atoms with Gasteiger partial charge in [0.1, 0.15) is 0 Å². The second-order valence-electron chi connectivity index (χ2n) is 3.95. The Bertz CT molecular complexity index is 327. The Balaban J connectivity index is 2.20. The molecule has 0 fully saturated rings. The zero-order chi connectivity index (χ0) is 12.7. The lowest BCUT2D eigenvalue weighted by Gasteiger charge is -2.14. The van der Waals surface area contributed by atoms with Gasteiger partial charge in [-0.25, -0.2) is 0 Å². The van der Waals surface area contributed by atoms with Crippen LogP contribution in [-0.2, 0) is 4.79 Å². The van der Waals surface area contributed by atoms with Gasteiger partial charge in [0.05, 0.1) is 6.04 Å². The largest absolute Gasteiger partial charge is 0.355 e. The molecule has 0 saturated heterocycles. The summed E-state index contributed by atoms with van der Waals surface area (Å²) in [5.41, 5.74) is -0.324. The third-order valence-corrected chi connectivity index (χ3v) is 3.09. The van der Waals surface area contributed by atoms with Gasteiger partial charge in [-0.2, -0.15) is 22.9 Å². The van der Waals surface area contributed by atoms with Gasteiger partial charge < -0.3 is 10.6 Å². The molecule has 0 unspecified atom stereocenters. The third-order valence-electron chi connectivity index (χ3n) is 2.72. The standard InChI is InChI=1S/C11H18N4OS/c1-3-4-5-11(14-15-11)6-7-13-10(16)9(8-17)12-2/h1,9,12,17H,4-8H2,2H3,(H,13,16)/t9-/m0/s1. The molecule has 1 amide bonds. The summed E-state index contributed by atoms with van der Waals surface area (Å²) in [6.45, 7) is 0.558. The van der Waals surface area contributed by atoms with E-state index in [0.29, 0.717) is 25.1 Å². The summed E-state index contributed by atoms with van der Waals surface area (Å²) in [5.74, 6) is 3.00. The van der Waals surface area contributed by atoms with Crippen molar-refractivity contribution in [2.75, 3.05) is 19.3 Å². The summed E-state index contributed by atoms with van der Waals surface area (Å²) in [5, 5.41) is 13.7. The fourth-order valence-electron chi connectivity index (χ4n) is 1.48. The second kappa shape index (κ2) is 6.62. The van der Waals surface area contributed by atoms with E-state index in [9.17, 15) is 4.79 Å². The molecule has 0 aliphatic carbocycles. The highest BCUT2D eigenvalue weighted by atomic mass is 32.1. The van der Waals surface area contributed by atoms with E-state index in [4.69, 9.17) is 6.42 Å². The first-order valence-corrected chi connectivity index (χ1v) is 6.24. The lowest BCUT2D eigenvalue weighted by Crippen LogP contribution is -2.44. The van der Waals surface area contributed by atoms with E-state index in [0.717, 1.165) is 6.42 Å². The van der Waals surface area contributed by atoms with Crippen molar-refractivity contribution in [2.24, 2.45) is 10.2 Å². The van der Waals surface area contributed by atoms with Crippen LogP contribution in [0.4, 0.5) is 0 Å². The van der Waals surface area contributed by atoms with Crippen molar-refractivity contribution < 1.29 is 4.79 Å². The number of hydrogen-bond acceptors (Lipinski definition) is 5. The van der Waals surface area contributed by atoms with Crippen molar-refractivity contribution in [1.82, 2.24) is 10.6 Å². The van der Waals surface area contributed by atoms with Crippen LogP contribution >= 0.6 is 12.6 Å². The van der Waals surface area contributed by atoms with Crippen LogP contribution < -0.4 is 10.6 Å². The Kier molecular flexibility index (Phi) is 5.45. The summed E-state index contributed by atoms with van der Waals surface area (Å²) in [7, 11) is 1.74. The third kappa shape index (κ3) is 4.36. The maximum Gasteiger partial charge on any atom is 0.237 e. The van der Waals surface area contributed by atoms with Gasteiger partial charge in [-0.05, 0) is 7.05 Å². The highest BCUT2D eigenvalue weighted by Crippen LogP contribution is 2.35. The van der Waals surface area contributed by atoms with Crippen LogP contribution in [0.2, 0.25) is 0 Å². The number of thiol groups is 1. The molecule has 1 rings (SSSR count). The molecule has 0 aromatic rings. The van der Waals surface area contributed by atoms with Gasteiger partial charge in [-0.3, -0.25) is 4.79 Å². The first-order chi connectivity index (χ1) is 8.17. The topological polar surface area (TPSA) is 65.8 Å². The quantitative estimate of drug-likeness (QED) is 0.438. The van der Waals surface area contributed by atoms with E-state index in [1.165, 1.54) is 0 Å².